The van der Waals surface area contributed by atoms with Crippen LogP contribution in [0.2, 0.25) is 5.02 Å². The summed E-state index contributed by atoms with van der Waals surface area (Å²) < 4.78 is 4.85. The number of methoxy groups -OCH3 is 1. The second kappa shape index (κ2) is 10.1. The molecule has 0 radical (unpaired) electrons. The molecule has 2 unspecified atom stereocenters. The van der Waals surface area contributed by atoms with Gasteiger partial charge in [-0.05, 0) is 79.3 Å². The largest absolute Gasteiger partial charge is 0.465 e. The molecule has 1 saturated heterocycles. The third-order valence-corrected chi connectivity index (χ3v) is 7.99. The fraction of sp³-hybridized carbons (Fsp3) is 0.500. The Bertz CT molecular complexity index is 1030. The molecule has 2 fully saturated rings. The lowest BCUT2D eigenvalue weighted by Gasteiger charge is -2.47. The number of carbonyl (C=O) groups is 2. The van der Waals surface area contributed by atoms with E-state index in [2.05, 4.69) is 31.0 Å². The molecule has 1 saturated carbocycles. The van der Waals surface area contributed by atoms with E-state index in [1.54, 1.807) is 12.1 Å². The monoisotopic (exact) mass is 482 g/mol. The van der Waals surface area contributed by atoms with Crippen molar-refractivity contribution in [3.63, 3.8) is 0 Å². The maximum atomic E-state index is 14.0. The zero-order valence-electron chi connectivity index (χ0n) is 20.5. The van der Waals surface area contributed by atoms with Crippen LogP contribution >= 0.6 is 11.6 Å². The number of benzene rings is 2. The Hall–Kier alpha value is -2.37. The molecule has 1 aliphatic heterocycles. The maximum Gasteiger partial charge on any atom is 0.337 e. The summed E-state index contributed by atoms with van der Waals surface area (Å²) in [6, 6.07) is 14.6. The van der Waals surface area contributed by atoms with Gasteiger partial charge in [0, 0.05) is 5.02 Å². The summed E-state index contributed by atoms with van der Waals surface area (Å²) in [7, 11) is 1.38. The van der Waals surface area contributed by atoms with E-state index in [9.17, 15) is 9.59 Å². The summed E-state index contributed by atoms with van der Waals surface area (Å²) in [5, 5.41) is 4.41. The number of hydrogen-bond acceptors (Lipinski definition) is 4. The number of esters is 1. The van der Waals surface area contributed by atoms with Crippen molar-refractivity contribution >= 4 is 23.5 Å². The predicted molar refractivity (Wildman–Crippen MR) is 135 cm³/mol. The number of rotatable bonds is 6. The molecule has 2 aliphatic rings. The van der Waals surface area contributed by atoms with Crippen LogP contribution in [0.1, 0.15) is 86.4 Å². The summed E-state index contributed by atoms with van der Waals surface area (Å²) in [5.74, 6) is 1.05. The van der Waals surface area contributed by atoms with Crippen molar-refractivity contribution in [2.75, 3.05) is 7.11 Å². The van der Waals surface area contributed by atoms with Gasteiger partial charge in [-0.2, -0.15) is 0 Å². The molecule has 2 aromatic carbocycles. The molecule has 6 heteroatoms. The summed E-state index contributed by atoms with van der Waals surface area (Å²) in [4.78, 5) is 28.1. The average Bonchev–Trinajstić information content (AvgIpc) is 3.11. The smallest absolute Gasteiger partial charge is 0.337 e. The Labute approximate surface area is 207 Å². The van der Waals surface area contributed by atoms with Gasteiger partial charge in [-0.1, -0.05) is 56.6 Å². The van der Waals surface area contributed by atoms with E-state index in [1.165, 1.54) is 7.11 Å². The number of nitrogens with zero attached hydrogens (tertiary/aromatic N) is 1. The topological polar surface area (TPSA) is 58.6 Å². The van der Waals surface area contributed by atoms with E-state index in [-0.39, 0.29) is 17.9 Å². The van der Waals surface area contributed by atoms with Crippen molar-refractivity contribution in [3.8, 4) is 0 Å². The fourth-order valence-corrected chi connectivity index (χ4v) is 6.01. The Kier molecular flexibility index (Phi) is 7.34. The van der Waals surface area contributed by atoms with Gasteiger partial charge < -0.3 is 9.64 Å². The zero-order valence-corrected chi connectivity index (χ0v) is 21.3. The standard InChI is InChI=1S/C28H35ClN2O3/c1-5-24(20-9-11-21(12-10-20)27(33)34-4)31-26(32)25(22-7-6-8-23(29)17-22)30-28(31)15-13-19(14-16-28)18(2)3/h6-12,17-19,24-25,30H,5,13-16H2,1-4H3. The molecule has 2 aromatic rings. The lowest BCUT2D eigenvalue weighted by molar-refractivity contribution is -0.137. The average molecular weight is 483 g/mol. The first-order valence-electron chi connectivity index (χ1n) is 12.3. The highest BCUT2D eigenvalue weighted by Crippen LogP contribution is 2.48. The van der Waals surface area contributed by atoms with Crippen LogP contribution in [0.25, 0.3) is 0 Å². The molecule has 182 valence electrons. The Morgan fingerprint density at radius 3 is 2.41 bits per heavy atom. The molecular weight excluding hydrogens is 448 g/mol. The Morgan fingerprint density at radius 1 is 1.18 bits per heavy atom. The number of halogens is 1. The minimum atomic E-state index is -0.419. The number of nitrogens with one attached hydrogen (secondary N) is 1. The van der Waals surface area contributed by atoms with Crippen LogP contribution < -0.4 is 5.32 Å². The SMILES string of the molecule is CCC(c1ccc(C(=O)OC)cc1)N1C(=O)C(c2cccc(Cl)c2)NC12CCC(C(C)C)CC2. The van der Waals surface area contributed by atoms with E-state index < -0.39 is 11.7 Å². The first-order chi connectivity index (χ1) is 16.3. The van der Waals surface area contributed by atoms with Gasteiger partial charge >= 0.3 is 5.97 Å². The third kappa shape index (κ3) is 4.60. The van der Waals surface area contributed by atoms with Crippen molar-refractivity contribution in [1.82, 2.24) is 10.2 Å². The van der Waals surface area contributed by atoms with Gasteiger partial charge in [0.1, 0.15) is 6.04 Å². The lowest BCUT2D eigenvalue weighted by Crippen LogP contribution is -2.55. The highest BCUT2D eigenvalue weighted by atomic mass is 35.5. The quantitative estimate of drug-likeness (QED) is 0.491. The van der Waals surface area contributed by atoms with Crippen molar-refractivity contribution in [2.45, 2.75) is 70.6 Å². The molecule has 4 rings (SSSR count). The lowest BCUT2D eigenvalue weighted by atomic mass is 9.76. The number of carbonyl (C=O) groups excluding carboxylic acids is 2. The summed E-state index contributed by atoms with van der Waals surface area (Å²) in [6.45, 7) is 6.70. The molecule has 1 aliphatic carbocycles. The first-order valence-corrected chi connectivity index (χ1v) is 12.7. The molecule has 1 N–H and O–H groups in total. The van der Waals surface area contributed by atoms with Gasteiger partial charge in [0.05, 0.1) is 24.4 Å². The minimum absolute atomic E-state index is 0.0912. The zero-order chi connectivity index (χ0) is 24.5. The summed E-state index contributed by atoms with van der Waals surface area (Å²) in [5.41, 5.74) is 2.05. The van der Waals surface area contributed by atoms with Gasteiger partial charge in [0.25, 0.3) is 0 Å². The molecule has 1 amide bonds. The van der Waals surface area contributed by atoms with Crippen LogP contribution in [0.4, 0.5) is 0 Å². The van der Waals surface area contributed by atoms with Crippen LogP contribution in [-0.2, 0) is 9.53 Å². The van der Waals surface area contributed by atoms with Gasteiger partial charge in [-0.3, -0.25) is 10.1 Å². The van der Waals surface area contributed by atoms with E-state index >= 15 is 0 Å². The van der Waals surface area contributed by atoms with Crippen LogP contribution in [0.15, 0.2) is 48.5 Å². The van der Waals surface area contributed by atoms with Gasteiger partial charge in [-0.15, -0.1) is 0 Å². The molecule has 1 heterocycles. The summed E-state index contributed by atoms with van der Waals surface area (Å²) >= 11 is 6.29. The van der Waals surface area contributed by atoms with Gasteiger partial charge in [0.15, 0.2) is 0 Å². The number of ether oxygens (including phenoxy) is 1. The molecule has 5 nitrogen and oxygen atoms in total. The molecule has 0 bridgehead atoms. The van der Waals surface area contributed by atoms with Crippen molar-refractivity contribution in [3.05, 3.63) is 70.2 Å². The Balaban J connectivity index is 1.71. The van der Waals surface area contributed by atoms with Crippen molar-refractivity contribution < 1.29 is 14.3 Å². The summed E-state index contributed by atoms with van der Waals surface area (Å²) in [6.07, 6.45) is 4.82. The third-order valence-electron chi connectivity index (χ3n) is 7.76. The van der Waals surface area contributed by atoms with Crippen LogP contribution in [0.5, 0.6) is 0 Å². The van der Waals surface area contributed by atoms with Gasteiger partial charge in [0.2, 0.25) is 5.91 Å². The Morgan fingerprint density at radius 2 is 1.85 bits per heavy atom. The maximum absolute atomic E-state index is 14.0. The second-order valence-electron chi connectivity index (χ2n) is 9.99. The number of hydrogen-bond donors (Lipinski definition) is 1. The molecule has 1 spiro atoms. The molecular formula is C28H35ClN2O3. The van der Waals surface area contributed by atoms with Crippen molar-refractivity contribution in [1.29, 1.82) is 0 Å². The second-order valence-corrected chi connectivity index (χ2v) is 10.4. The van der Waals surface area contributed by atoms with Crippen LogP contribution in [0, 0.1) is 11.8 Å². The van der Waals surface area contributed by atoms with E-state index in [4.69, 9.17) is 16.3 Å². The molecule has 0 aromatic heterocycles. The number of amides is 1. The van der Waals surface area contributed by atoms with Crippen LogP contribution in [-0.4, -0.2) is 29.5 Å². The highest BCUT2D eigenvalue weighted by Gasteiger charge is 2.54. The predicted octanol–water partition coefficient (Wildman–Crippen LogP) is 6.29. The fourth-order valence-electron chi connectivity index (χ4n) is 5.81. The van der Waals surface area contributed by atoms with Gasteiger partial charge in [-0.25, -0.2) is 4.79 Å². The highest BCUT2D eigenvalue weighted by molar-refractivity contribution is 6.30. The van der Waals surface area contributed by atoms with E-state index in [1.807, 2.05) is 36.4 Å². The first kappa shape index (κ1) is 24.7. The van der Waals surface area contributed by atoms with Crippen molar-refractivity contribution in [2.24, 2.45) is 11.8 Å². The van der Waals surface area contributed by atoms with E-state index in [0.717, 1.165) is 43.2 Å². The van der Waals surface area contributed by atoms with Crippen LogP contribution in [0.3, 0.4) is 0 Å². The molecule has 2 atom stereocenters. The van der Waals surface area contributed by atoms with E-state index in [0.29, 0.717) is 22.4 Å². The molecule has 34 heavy (non-hydrogen) atoms. The normalized spacial score (nSPS) is 25.7. The minimum Gasteiger partial charge on any atom is -0.465 e.